The van der Waals surface area contributed by atoms with Crippen molar-refractivity contribution in [3.05, 3.63) is 69.5 Å². The first-order valence-corrected chi connectivity index (χ1v) is 8.92. The van der Waals surface area contributed by atoms with Crippen molar-refractivity contribution in [2.24, 2.45) is 17.8 Å². The Labute approximate surface area is 145 Å². The lowest BCUT2D eigenvalue weighted by molar-refractivity contribution is -0.384. The maximum absolute atomic E-state index is 13.3. The van der Waals surface area contributed by atoms with E-state index in [2.05, 4.69) is 5.32 Å². The molecular weight excluding hydrogens is 319 g/mol. The minimum Gasteiger partial charge on any atom is -0.378 e. The number of nitrogens with zero attached hydrogens (tertiary/aromatic N) is 1. The minimum absolute atomic E-state index is 0.148. The Morgan fingerprint density at radius 1 is 1.08 bits per heavy atom. The fraction of sp³-hybridized carbons (Fsp3) is 0.400. The summed E-state index contributed by atoms with van der Waals surface area (Å²) in [7, 11) is 0. The molecule has 4 nitrogen and oxygen atoms in total. The molecule has 0 saturated heterocycles. The van der Waals surface area contributed by atoms with Gasteiger partial charge in [0.15, 0.2) is 0 Å². The van der Waals surface area contributed by atoms with Crippen LogP contribution in [0.1, 0.15) is 42.3 Å². The predicted molar refractivity (Wildman–Crippen MR) is 92.9 cm³/mol. The molecule has 0 amide bonds. The van der Waals surface area contributed by atoms with E-state index in [1.807, 2.05) is 18.2 Å². The van der Waals surface area contributed by atoms with Crippen LogP contribution in [0.15, 0.2) is 42.5 Å². The average Bonchev–Trinajstić information content (AvgIpc) is 3.23. The number of nitro groups is 1. The van der Waals surface area contributed by atoms with E-state index in [-0.39, 0.29) is 22.5 Å². The number of nitrogens with one attached hydrogen (secondary N) is 1. The molecule has 128 valence electrons. The zero-order valence-electron chi connectivity index (χ0n) is 13.7. The van der Waals surface area contributed by atoms with Crippen molar-refractivity contribution in [2.75, 3.05) is 5.32 Å². The number of rotatable bonds is 2. The second kappa shape index (κ2) is 5.28. The topological polar surface area (TPSA) is 55.2 Å². The third kappa shape index (κ3) is 2.18. The predicted octanol–water partition coefficient (Wildman–Crippen LogP) is 5.03. The number of benzene rings is 2. The molecule has 1 aliphatic heterocycles. The number of anilines is 1. The summed E-state index contributed by atoms with van der Waals surface area (Å²) < 4.78 is 13.3. The van der Waals surface area contributed by atoms with Gasteiger partial charge in [-0.05, 0) is 72.3 Å². The molecule has 0 spiro atoms. The minimum atomic E-state index is -0.311. The molecule has 25 heavy (non-hydrogen) atoms. The third-order valence-corrected chi connectivity index (χ3v) is 6.51. The Bertz CT molecular complexity index is 851. The van der Waals surface area contributed by atoms with Gasteiger partial charge in [0, 0.05) is 17.8 Å². The molecule has 0 aromatic heterocycles. The van der Waals surface area contributed by atoms with Gasteiger partial charge in [-0.15, -0.1) is 0 Å². The summed E-state index contributed by atoms with van der Waals surface area (Å²) in [6, 6.07) is 12.1. The van der Waals surface area contributed by atoms with Crippen LogP contribution in [0.2, 0.25) is 0 Å². The van der Waals surface area contributed by atoms with Crippen LogP contribution < -0.4 is 5.32 Å². The Kier molecular flexibility index (Phi) is 3.14. The van der Waals surface area contributed by atoms with Gasteiger partial charge in [-0.1, -0.05) is 12.1 Å². The van der Waals surface area contributed by atoms with Crippen LogP contribution in [0.25, 0.3) is 0 Å². The maximum atomic E-state index is 13.3. The maximum Gasteiger partial charge on any atom is 0.269 e. The van der Waals surface area contributed by atoms with E-state index in [1.165, 1.54) is 31.4 Å². The van der Waals surface area contributed by atoms with Gasteiger partial charge < -0.3 is 5.32 Å². The van der Waals surface area contributed by atoms with Gasteiger partial charge in [-0.25, -0.2) is 4.39 Å². The molecule has 2 aromatic carbocycles. The highest BCUT2D eigenvalue weighted by atomic mass is 19.1. The lowest BCUT2D eigenvalue weighted by Gasteiger charge is -2.43. The second-order valence-electron chi connectivity index (χ2n) is 7.64. The molecule has 3 aliphatic rings. The van der Waals surface area contributed by atoms with Crippen LogP contribution in [0, 0.1) is 33.7 Å². The summed E-state index contributed by atoms with van der Waals surface area (Å²) in [6.45, 7) is 0. The fourth-order valence-corrected chi connectivity index (χ4v) is 5.59. The van der Waals surface area contributed by atoms with Crippen molar-refractivity contribution in [3.8, 4) is 0 Å². The highest BCUT2D eigenvalue weighted by Gasteiger charge is 2.54. The molecule has 2 aliphatic carbocycles. The van der Waals surface area contributed by atoms with E-state index >= 15 is 0 Å². The molecule has 5 heteroatoms. The zero-order chi connectivity index (χ0) is 17.1. The average molecular weight is 338 g/mol. The first-order chi connectivity index (χ1) is 12.1. The number of halogens is 1. The number of nitro benzene ring substituents is 1. The van der Waals surface area contributed by atoms with Gasteiger partial charge in [0.25, 0.3) is 5.69 Å². The molecule has 0 unspecified atom stereocenters. The number of hydrogen-bond donors (Lipinski definition) is 1. The number of non-ortho nitro benzene ring substituents is 1. The molecule has 2 fully saturated rings. The molecular formula is C20H19FN2O2. The summed E-state index contributed by atoms with van der Waals surface area (Å²) in [5, 5.41) is 14.8. The molecule has 2 aromatic rings. The zero-order valence-corrected chi connectivity index (χ0v) is 13.7. The monoisotopic (exact) mass is 338 g/mol. The van der Waals surface area contributed by atoms with Gasteiger partial charge in [0.1, 0.15) is 5.82 Å². The molecule has 2 bridgehead atoms. The quantitative estimate of drug-likeness (QED) is 0.617. The number of fused-ring (bicyclic) bond motifs is 7. The third-order valence-electron chi connectivity index (χ3n) is 6.51. The Hall–Kier alpha value is -2.43. The molecule has 5 rings (SSSR count). The number of hydrogen-bond acceptors (Lipinski definition) is 3. The standard InChI is InChI=1S/C20H19FN2O2/c21-14-5-3-11(4-6-14)20-19-13-2-1-12(9-13)18(19)16-10-15(23(24)25)7-8-17(16)22-20/h3-8,10,12-13,18-20,22H,1-2,9H2/t12-,13+,18+,19+,20-/m1/s1. The Morgan fingerprint density at radius 3 is 2.60 bits per heavy atom. The van der Waals surface area contributed by atoms with Gasteiger partial charge in [0.05, 0.1) is 11.0 Å². The molecule has 1 heterocycles. The SMILES string of the molecule is O=[N+]([O-])c1ccc2c(c1)[C@@H]1[C@@H]3CC[C@@H](C3)[C@@H]1[C@@H](c1ccc(F)cc1)N2. The van der Waals surface area contributed by atoms with Crippen LogP contribution in [-0.4, -0.2) is 4.92 Å². The van der Waals surface area contributed by atoms with Crippen LogP contribution >= 0.6 is 0 Å². The van der Waals surface area contributed by atoms with Gasteiger partial charge in [0.2, 0.25) is 0 Å². The molecule has 0 radical (unpaired) electrons. The smallest absolute Gasteiger partial charge is 0.269 e. The van der Waals surface area contributed by atoms with E-state index in [4.69, 9.17) is 0 Å². The highest BCUT2D eigenvalue weighted by molar-refractivity contribution is 5.62. The highest BCUT2D eigenvalue weighted by Crippen LogP contribution is 2.63. The first kappa shape index (κ1) is 14.9. The van der Waals surface area contributed by atoms with Crippen molar-refractivity contribution >= 4 is 11.4 Å². The summed E-state index contributed by atoms with van der Waals surface area (Å²) in [5.41, 5.74) is 3.37. The van der Waals surface area contributed by atoms with Crippen molar-refractivity contribution in [1.82, 2.24) is 0 Å². The van der Waals surface area contributed by atoms with Crippen LogP contribution in [0.4, 0.5) is 15.8 Å². The van der Waals surface area contributed by atoms with Crippen molar-refractivity contribution in [2.45, 2.75) is 31.2 Å². The second-order valence-corrected chi connectivity index (χ2v) is 7.64. The Balaban J connectivity index is 1.62. The van der Waals surface area contributed by atoms with E-state index in [0.29, 0.717) is 23.7 Å². The molecule has 2 saturated carbocycles. The van der Waals surface area contributed by atoms with Crippen LogP contribution in [0.5, 0.6) is 0 Å². The summed E-state index contributed by atoms with van der Waals surface area (Å²) >= 11 is 0. The van der Waals surface area contributed by atoms with Gasteiger partial charge in [-0.2, -0.15) is 0 Å². The van der Waals surface area contributed by atoms with E-state index in [1.54, 1.807) is 12.1 Å². The molecule has 1 N–H and O–H groups in total. The lowest BCUT2D eigenvalue weighted by atomic mass is 9.68. The largest absolute Gasteiger partial charge is 0.378 e. The van der Waals surface area contributed by atoms with Crippen molar-refractivity contribution in [1.29, 1.82) is 0 Å². The van der Waals surface area contributed by atoms with Crippen LogP contribution in [0.3, 0.4) is 0 Å². The van der Waals surface area contributed by atoms with Gasteiger partial charge in [-0.3, -0.25) is 10.1 Å². The van der Waals surface area contributed by atoms with Crippen LogP contribution in [-0.2, 0) is 0 Å². The van der Waals surface area contributed by atoms with Crippen molar-refractivity contribution < 1.29 is 9.31 Å². The van der Waals surface area contributed by atoms with E-state index in [9.17, 15) is 14.5 Å². The normalized spacial score (nSPS) is 32.0. The molecule has 5 atom stereocenters. The summed E-state index contributed by atoms with van der Waals surface area (Å²) in [6.07, 6.45) is 3.65. The fourth-order valence-electron chi connectivity index (χ4n) is 5.59. The first-order valence-electron chi connectivity index (χ1n) is 8.92. The van der Waals surface area contributed by atoms with E-state index < -0.39 is 0 Å². The van der Waals surface area contributed by atoms with Crippen molar-refractivity contribution in [3.63, 3.8) is 0 Å². The van der Waals surface area contributed by atoms with E-state index in [0.717, 1.165) is 16.8 Å². The summed E-state index contributed by atoms with van der Waals surface area (Å²) in [4.78, 5) is 10.9. The lowest BCUT2D eigenvalue weighted by Crippen LogP contribution is -2.35. The van der Waals surface area contributed by atoms with Gasteiger partial charge >= 0.3 is 0 Å². The summed E-state index contributed by atoms with van der Waals surface area (Å²) in [5.74, 6) is 1.83. The Morgan fingerprint density at radius 2 is 1.84 bits per heavy atom.